The van der Waals surface area contributed by atoms with Crippen LogP contribution in [0.4, 0.5) is 23.7 Å². The van der Waals surface area contributed by atoms with Crippen molar-refractivity contribution >= 4 is 39.6 Å². The van der Waals surface area contributed by atoms with Gasteiger partial charge < -0.3 is 10.1 Å². The van der Waals surface area contributed by atoms with Gasteiger partial charge in [-0.15, -0.1) is 13.2 Å². The minimum absolute atomic E-state index is 0.111. The maximum atomic E-state index is 12.9. The van der Waals surface area contributed by atoms with Crippen molar-refractivity contribution in [1.29, 1.82) is 5.26 Å². The maximum absolute atomic E-state index is 12.9. The summed E-state index contributed by atoms with van der Waals surface area (Å²) >= 11 is 3.38. The van der Waals surface area contributed by atoms with Gasteiger partial charge in [0.15, 0.2) is 0 Å². The number of benzene rings is 2. The van der Waals surface area contributed by atoms with E-state index < -0.39 is 24.2 Å². The van der Waals surface area contributed by atoms with E-state index in [1.807, 2.05) is 30.3 Å². The predicted molar refractivity (Wildman–Crippen MR) is 124 cm³/mol. The second-order valence-corrected chi connectivity index (χ2v) is 7.71. The lowest BCUT2D eigenvalue weighted by atomic mass is 10.0. The third kappa shape index (κ3) is 6.58. The van der Waals surface area contributed by atoms with E-state index in [1.165, 1.54) is 34.4 Å². The van der Waals surface area contributed by atoms with Crippen molar-refractivity contribution in [3.05, 3.63) is 70.8 Å². The Morgan fingerprint density at radius 3 is 2.56 bits per heavy atom. The number of ether oxygens (including phenoxy) is 1. The zero-order valence-electron chi connectivity index (χ0n) is 17.7. The van der Waals surface area contributed by atoms with Crippen molar-refractivity contribution in [2.75, 3.05) is 11.9 Å². The molecule has 0 aliphatic carbocycles. The largest absolute Gasteiger partial charge is 0.573 e. The van der Waals surface area contributed by atoms with Crippen LogP contribution in [0.1, 0.15) is 12.5 Å². The number of anilines is 1. The van der Waals surface area contributed by atoms with Crippen LogP contribution in [0, 0.1) is 11.3 Å². The minimum Gasteiger partial charge on any atom is -0.406 e. The van der Waals surface area contributed by atoms with Gasteiger partial charge in [-0.25, -0.2) is 9.80 Å². The predicted octanol–water partition coefficient (Wildman–Crippen LogP) is 5.31. The van der Waals surface area contributed by atoms with Crippen molar-refractivity contribution < 1.29 is 22.7 Å². The van der Waals surface area contributed by atoms with Gasteiger partial charge in [0.05, 0.1) is 18.3 Å². The second kappa shape index (κ2) is 10.8. The molecule has 12 heteroatoms. The zero-order chi connectivity index (χ0) is 24.7. The Bertz CT molecular complexity index is 1140. The number of carbonyl (C=O) groups is 1. The molecule has 1 aliphatic heterocycles. The first-order valence-electron chi connectivity index (χ1n) is 9.82. The molecule has 176 valence electrons. The first-order valence-corrected chi connectivity index (χ1v) is 10.6. The number of alkyl halides is 3. The Kier molecular flexibility index (Phi) is 7.91. The fourth-order valence-corrected chi connectivity index (χ4v) is 3.35. The van der Waals surface area contributed by atoms with E-state index in [0.717, 1.165) is 22.2 Å². The van der Waals surface area contributed by atoms with Crippen molar-refractivity contribution in [2.45, 2.75) is 19.3 Å². The molecule has 8 nitrogen and oxygen atoms in total. The van der Waals surface area contributed by atoms with Crippen molar-refractivity contribution in [3.63, 3.8) is 0 Å². The fraction of sp³-hybridized carbons (Fsp3) is 0.182. The number of hydrogen-bond donors (Lipinski definition) is 1. The number of rotatable bonds is 6. The highest BCUT2D eigenvalue weighted by atomic mass is 79.9. The molecule has 2 aromatic rings. The summed E-state index contributed by atoms with van der Waals surface area (Å²) in [6.07, 6.45) is -0.506. The van der Waals surface area contributed by atoms with Gasteiger partial charge in [-0.2, -0.15) is 15.5 Å². The summed E-state index contributed by atoms with van der Waals surface area (Å²) in [5.74, 6) is -0.403. The second-order valence-electron chi connectivity index (χ2n) is 6.79. The number of allylic oxidation sites excluding steroid dienone is 1. The first-order chi connectivity index (χ1) is 16.2. The van der Waals surface area contributed by atoms with Gasteiger partial charge in [-0.1, -0.05) is 28.1 Å². The van der Waals surface area contributed by atoms with Crippen LogP contribution < -0.4 is 10.1 Å². The molecule has 0 saturated heterocycles. The van der Waals surface area contributed by atoms with E-state index >= 15 is 0 Å². The summed E-state index contributed by atoms with van der Waals surface area (Å²) in [6.45, 7) is 1.83. The Labute approximate surface area is 201 Å². The Hall–Kier alpha value is -3.85. The van der Waals surface area contributed by atoms with Crippen LogP contribution in [0.15, 0.2) is 75.5 Å². The van der Waals surface area contributed by atoms with Crippen LogP contribution in [0.3, 0.4) is 0 Å². The van der Waals surface area contributed by atoms with Crippen LogP contribution in [0.2, 0.25) is 0 Å². The highest BCUT2D eigenvalue weighted by Gasteiger charge is 2.35. The molecule has 1 unspecified atom stereocenters. The van der Waals surface area contributed by atoms with Crippen LogP contribution in [0.25, 0.3) is 0 Å². The summed E-state index contributed by atoms with van der Waals surface area (Å²) < 4.78 is 41.7. The van der Waals surface area contributed by atoms with E-state index in [4.69, 9.17) is 5.26 Å². The van der Waals surface area contributed by atoms with Gasteiger partial charge in [0.2, 0.25) is 0 Å². The topological polar surface area (TPSA) is 93.3 Å². The van der Waals surface area contributed by atoms with Crippen LogP contribution >= 0.6 is 15.9 Å². The Morgan fingerprint density at radius 2 is 1.97 bits per heavy atom. The van der Waals surface area contributed by atoms with E-state index in [1.54, 1.807) is 13.1 Å². The van der Waals surface area contributed by atoms with Crippen molar-refractivity contribution in [2.24, 2.45) is 10.2 Å². The maximum Gasteiger partial charge on any atom is 0.573 e. The van der Waals surface area contributed by atoms with Gasteiger partial charge in [-0.05, 0) is 43.3 Å². The lowest BCUT2D eigenvalue weighted by Gasteiger charge is -2.23. The summed E-state index contributed by atoms with van der Waals surface area (Å²) in [4.78, 5) is 12.9. The lowest BCUT2D eigenvalue weighted by molar-refractivity contribution is -0.274. The number of nitrogens with zero attached hydrogens (tertiary/aromatic N) is 5. The molecule has 1 N–H and O–H groups in total. The molecule has 0 radical (unpaired) electrons. The van der Waals surface area contributed by atoms with Gasteiger partial charge in [0.25, 0.3) is 0 Å². The molecule has 1 atom stereocenters. The number of nitrogens with one attached hydrogen (secondary N) is 1. The molecule has 0 aromatic heterocycles. The average molecular weight is 535 g/mol. The molecular formula is C22H18BrF3N6O2. The quantitative estimate of drug-likeness (QED) is 0.308. The fourth-order valence-electron chi connectivity index (χ4n) is 3.09. The standard InChI is InChI=1S/C22H18BrF3N6O2/c1-2-28-31(13-3-12-27)19-14-32(30-20(19)15-4-6-16(23)7-5-15)21(33)29-17-8-10-18(11-9-17)34-22(24,25)26/h2-11,13,19H,14H2,1H3,(H,29,33)/b13-3+,28-2-. The molecule has 2 amide bonds. The smallest absolute Gasteiger partial charge is 0.406 e. The number of nitriles is 1. The molecule has 0 bridgehead atoms. The van der Waals surface area contributed by atoms with Crippen LogP contribution in [0.5, 0.6) is 5.75 Å². The number of urea groups is 1. The average Bonchev–Trinajstić information content (AvgIpc) is 3.23. The molecule has 0 spiro atoms. The van der Waals surface area contributed by atoms with Crippen molar-refractivity contribution in [3.8, 4) is 11.8 Å². The van der Waals surface area contributed by atoms with Crippen molar-refractivity contribution in [1.82, 2.24) is 10.0 Å². The highest BCUT2D eigenvalue weighted by molar-refractivity contribution is 9.10. The number of carbonyl (C=O) groups excluding carboxylic acids is 1. The molecule has 0 fully saturated rings. The Balaban J connectivity index is 1.83. The summed E-state index contributed by atoms with van der Waals surface area (Å²) in [6, 6.07) is 12.9. The number of halogens is 4. The van der Waals surface area contributed by atoms with Gasteiger partial charge in [0.1, 0.15) is 11.8 Å². The normalized spacial score (nSPS) is 15.9. The minimum atomic E-state index is -4.81. The third-order valence-electron chi connectivity index (χ3n) is 4.47. The van der Waals surface area contributed by atoms with E-state index in [9.17, 15) is 18.0 Å². The Morgan fingerprint density at radius 1 is 1.29 bits per heavy atom. The molecule has 34 heavy (non-hydrogen) atoms. The van der Waals surface area contributed by atoms with Crippen LogP contribution in [-0.4, -0.2) is 46.9 Å². The molecule has 1 heterocycles. The van der Waals surface area contributed by atoms with E-state index in [-0.39, 0.29) is 12.2 Å². The van der Waals surface area contributed by atoms with E-state index in [0.29, 0.717) is 5.71 Å². The molecule has 1 aliphatic rings. The monoisotopic (exact) mass is 534 g/mol. The SMILES string of the molecule is C/C=N\N(/C=C/C#N)C1CN(C(=O)Nc2ccc(OC(F)(F)F)cc2)N=C1c1ccc(Br)cc1. The van der Waals surface area contributed by atoms with Crippen LogP contribution in [-0.2, 0) is 0 Å². The number of amides is 2. The zero-order valence-corrected chi connectivity index (χ0v) is 19.3. The summed E-state index contributed by atoms with van der Waals surface area (Å²) in [7, 11) is 0. The molecule has 2 aromatic carbocycles. The molecule has 3 rings (SSSR count). The molecular weight excluding hydrogens is 517 g/mol. The van der Waals surface area contributed by atoms with Gasteiger partial charge in [0, 0.05) is 34.2 Å². The lowest BCUT2D eigenvalue weighted by Crippen LogP contribution is -2.39. The van der Waals surface area contributed by atoms with E-state index in [2.05, 4.69) is 36.2 Å². The summed E-state index contributed by atoms with van der Waals surface area (Å²) in [5.41, 5.74) is 1.56. The first kappa shape index (κ1) is 24.8. The number of hydrazone groups is 2. The van der Waals surface area contributed by atoms with Gasteiger partial charge >= 0.3 is 12.4 Å². The third-order valence-corrected chi connectivity index (χ3v) is 5.00. The highest BCUT2D eigenvalue weighted by Crippen LogP contribution is 2.25. The number of hydrogen-bond acceptors (Lipinski definition) is 6. The van der Waals surface area contributed by atoms with Gasteiger partial charge in [-0.3, -0.25) is 5.01 Å². The summed E-state index contributed by atoms with van der Waals surface area (Å²) in [5, 5.41) is 23.0. The molecule has 0 saturated carbocycles.